The number of hydrogen-bond donors (Lipinski definition) is 0. The molecule has 3 rings (SSSR count). The molecule has 2 aromatic rings. The van der Waals surface area contributed by atoms with Crippen LogP contribution in [0.15, 0.2) is 40.9 Å². The van der Waals surface area contributed by atoms with Gasteiger partial charge in [-0.1, -0.05) is 35.5 Å². The van der Waals surface area contributed by atoms with Crippen LogP contribution in [0.3, 0.4) is 0 Å². The second-order valence-corrected chi connectivity index (χ2v) is 5.94. The number of benzene rings is 1. The molecule has 122 valence electrons. The van der Waals surface area contributed by atoms with Gasteiger partial charge in [-0.2, -0.15) is 0 Å². The van der Waals surface area contributed by atoms with E-state index in [1.807, 2.05) is 6.07 Å². The number of nitrogens with zero attached hydrogens (tertiary/aromatic N) is 2. The second kappa shape index (κ2) is 7.42. The first-order chi connectivity index (χ1) is 11.2. The van der Waals surface area contributed by atoms with Crippen LogP contribution in [0.1, 0.15) is 34.7 Å². The maximum absolute atomic E-state index is 12.3. The van der Waals surface area contributed by atoms with Crippen molar-refractivity contribution in [1.82, 2.24) is 10.1 Å². The van der Waals surface area contributed by atoms with Gasteiger partial charge in [-0.05, 0) is 31.7 Å². The topological polar surface area (TPSA) is 55.6 Å². The Morgan fingerprint density at radius 2 is 2.22 bits per heavy atom. The number of hydrogen-bond acceptors (Lipinski definition) is 4. The van der Waals surface area contributed by atoms with E-state index in [2.05, 4.69) is 29.4 Å². The molecule has 1 fully saturated rings. The van der Waals surface area contributed by atoms with Crippen molar-refractivity contribution in [2.45, 2.75) is 32.3 Å². The van der Waals surface area contributed by atoms with Crippen molar-refractivity contribution in [3.05, 3.63) is 53.4 Å². The zero-order valence-corrected chi connectivity index (χ0v) is 13.4. The molecule has 1 amide bonds. The van der Waals surface area contributed by atoms with Gasteiger partial charge in [-0.3, -0.25) is 4.79 Å². The molecule has 0 N–H and O–H groups in total. The van der Waals surface area contributed by atoms with Crippen LogP contribution in [-0.2, 0) is 11.2 Å². The molecule has 1 aliphatic rings. The average Bonchev–Trinajstić information content (AvgIpc) is 3.21. The fraction of sp³-hybridized carbons (Fsp3) is 0.444. The summed E-state index contributed by atoms with van der Waals surface area (Å²) < 4.78 is 10.9. The lowest BCUT2D eigenvalue weighted by molar-refractivity contribution is 0.0521. The molecule has 0 radical (unpaired) electrons. The second-order valence-electron chi connectivity index (χ2n) is 5.94. The maximum atomic E-state index is 12.3. The third kappa shape index (κ3) is 4.20. The van der Waals surface area contributed by atoms with Crippen LogP contribution in [0, 0.1) is 6.92 Å². The molecule has 5 heteroatoms. The van der Waals surface area contributed by atoms with Crippen molar-refractivity contribution in [1.29, 1.82) is 0 Å². The highest BCUT2D eigenvalue weighted by Crippen LogP contribution is 2.16. The van der Waals surface area contributed by atoms with E-state index in [4.69, 9.17) is 9.26 Å². The molecule has 1 aromatic carbocycles. The van der Waals surface area contributed by atoms with E-state index in [1.165, 1.54) is 5.56 Å². The standard InChI is InChI=1S/C18H22N2O3/c1-14-12-17(19-23-14)18(21)20-10-9-16(13-20)22-11-5-8-15-6-3-2-4-7-15/h2-4,6-7,12,16H,5,8-11,13H2,1H3/t16-/m0/s1. The number of ether oxygens (including phenoxy) is 1. The molecule has 0 bridgehead atoms. The van der Waals surface area contributed by atoms with Crippen LogP contribution in [0.4, 0.5) is 0 Å². The largest absolute Gasteiger partial charge is 0.376 e. The van der Waals surface area contributed by atoms with Crippen molar-refractivity contribution in [3.8, 4) is 0 Å². The Morgan fingerprint density at radius 1 is 1.39 bits per heavy atom. The van der Waals surface area contributed by atoms with Crippen molar-refractivity contribution < 1.29 is 14.1 Å². The lowest BCUT2D eigenvalue weighted by atomic mass is 10.1. The number of amides is 1. The summed E-state index contributed by atoms with van der Waals surface area (Å²) in [5.74, 6) is 0.582. The Hall–Kier alpha value is -2.14. The zero-order chi connectivity index (χ0) is 16.1. The molecular weight excluding hydrogens is 292 g/mol. The Balaban J connectivity index is 1.39. The molecule has 5 nitrogen and oxygen atoms in total. The quantitative estimate of drug-likeness (QED) is 0.769. The van der Waals surface area contributed by atoms with Gasteiger partial charge >= 0.3 is 0 Å². The zero-order valence-electron chi connectivity index (χ0n) is 13.4. The van der Waals surface area contributed by atoms with Crippen LogP contribution >= 0.6 is 0 Å². The van der Waals surface area contributed by atoms with Crippen molar-refractivity contribution in [2.24, 2.45) is 0 Å². The number of aromatic nitrogens is 1. The molecule has 1 saturated heterocycles. The first kappa shape index (κ1) is 15.7. The highest BCUT2D eigenvalue weighted by molar-refractivity contribution is 5.92. The van der Waals surface area contributed by atoms with E-state index in [0.29, 0.717) is 24.5 Å². The van der Waals surface area contributed by atoms with Gasteiger partial charge < -0.3 is 14.2 Å². The lowest BCUT2D eigenvalue weighted by Gasteiger charge is -2.15. The van der Waals surface area contributed by atoms with Crippen molar-refractivity contribution in [2.75, 3.05) is 19.7 Å². The van der Waals surface area contributed by atoms with Gasteiger partial charge in [0.1, 0.15) is 5.76 Å². The number of carbonyl (C=O) groups excluding carboxylic acids is 1. The van der Waals surface area contributed by atoms with Gasteiger partial charge in [0.05, 0.1) is 6.10 Å². The third-order valence-electron chi connectivity index (χ3n) is 4.09. The summed E-state index contributed by atoms with van der Waals surface area (Å²) in [5, 5.41) is 3.79. The highest BCUT2D eigenvalue weighted by atomic mass is 16.5. The number of carbonyl (C=O) groups is 1. The van der Waals surface area contributed by atoms with E-state index in [0.717, 1.165) is 25.9 Å². The Bertz CT molecular complexity index is 639. The monoisotopic (exact) mass is 314 g/mol. The molecule has 1 aromatic heterocycles. The summed E-state index contributed by atoms with van der Waals surface area (Å²) >= 11 is 0. The minimum Gasteiger partial charge on any atom is -0.376 e. The van der Waals surface area contributed by atoms with E-state index in [-0.39, 0.29) is 12.0 Å². The summed E-state index contributed by atoms with van der Waals surface area (Å²) in [7, 11) is 0. The molecule has 0 spiro atoms. The summed E-state index contributed by atoms with van der Waals surface area (Å²) in [5.41, 5.74) is 1.72. The first-order valence-corrected chi connectivity index (χ1v) is 8.10. The Kier molecular flexibility index (Phi) is 5.08. The summed E-state index contributed by atoms with van der Waals surface area (Å²) in [6.07, 6.45) is 3.03. The van der Waals surface area contributed by atoms with Gasteiger partial charge in [0.2, 0.25) is 0 Å². The molecule has 0 aliphatic carbocycles. The first-order valence-electron chi connectivity index (χ1n) is 8.10. The number of likely N-dealkylation sites (tertiary alicyclic amines) is 1. The smallest absolute Gasteiger partial charge is 0.276 e. The highest BCUT2D eigenvalue weighted by Gasteiger charge is 2.28. The molecule has 23 heavy (non-hydrogen) atoms. The predicted octanol–water partition coefficient (Wildman–Crippen LogP) is 2.85. The molecule has 1 atom stereocenters. The molecular formula is C18H22N2O3. The summed E-state index contributed by atoms with van der Waals surface area (Å²) in [6.45, 7) is 3.86. The minimum absolute atomic E-state index is 0.0720. The Labute approximate surface area is 136 Å². The van der Waals surface area contributed by atoms with Crippen molar-refractivity contribution >= 4 is 5.91 Å². The van der Waals surface area contributed by atoms with Crippen LogP contribution in [-0.4, -0.2) is 41.8 Å². The summed E-state index contributed by atoms with van der Waals surface area (Å²) in [6, 6.07) is 12.1. The van der Waals surface area contributed by atoms with Crippen LogP contribution < -0.4 is 0 Å². The van der Waals surface area contributed by atoms with Crippen LogP contribution in [0.2, 0.25) is 0 Å². The van der Waals surface area contributed by atoms with Gasteiger partial charge in [0.15, 0.2) is 5.69 Å². The lowest BCUT2D eigenvalue weighted by Crippen LogP contribution is -2.30. The fourth-order valence-corrected chi connectivity index (χ4v) is 2.85. The molecule has 0 saturated carbocycles. The maximum Gasteiger partial charge on any atom is 0.276 e. The molecule has 0 unspecified atom stereocenters. The summed E-state index contributed by atoms with van der Waals surface area (Å²) in [4.78, 5) is 14.1. The fourth-order valence-electron chi connectivity index (χ4n) is 2.85. The predicted molar refractivity (Wildman–Crippen MR) is 86.3 cm³/mol. The van der Waals surface area contributed by atoms with E-state index < -0.39 is 0 Å². The van der Waals surface area contributed by atoms with Gasteiger partial charge in [0, 0.05) is 25.8 Å². The normalized spacial score (nSPS) is 17.6. The number of rotatable bonds is 6. The Morgan fingerprint density at radius 3 is 2.96 bits per heavy atom. The average molecular weight is 314 g/mol. The molecule has 2 heterocycles. The van der Waals surface area contributed by atoms with Crippen molar-refractivity contribution in [3.63, 3.8) is 0 Å². The van der Waals surface area contributed by atoms with Crippen LogP contribution in [0.25, 0.3) is 0 Å². The van der Waals surface area contributed by atoms with Gasteiger partial charge in [-0.15, -0.1) is 0 Å². The van der Waals surface area contributed by atoms with E-state index >= 15 is 0 Å². The van der Waals surface area contributed by atoms with Gasteiger partial charge in [0.25, 0.3) is 5.91 Å². The van der Waals surface area contributed by atoms with E-state index in [1.54, 1.807) is 17.9 Å². The third-order valence-corrected chi connectivity index (χ3v) is 4.09. The van der Waals surface area contributed by atoms with Gasteiger partial charge in [-0.25, -0.2) is 0 Å². The van der Waals surface area contributed by atoms with E-state index in [9.17, 15) is 4.79 Å². The number of aryl methyl sites for hydroxylation is 2. The molecule has 1 aliphatic heterocycles. The van der Waals surface area contributed by atoms with Crippen LogP contribution in [0.5, 0.6) is 0 Å². The SMILES string of the molecule is Cc1cc(C(=O)N2CC[C@H](OCCCc3ccccc3)C2)no1. The minimum atomic E-state index is -0.0720.